The molecule has 2 fully saturated rings. The van der Waals surface area contributed by atoms with Crippen LogP contribution in [0.4, 0.5) is 0 Å². The molecule has 1 N–H and O–H groups in total. The molecule has 0 spiro atoms. The van der Waals surface area contributed by atoms with Crippen molar-refractivity contribution in [2.45, 2.75) is 38.4 Å². The fraction of sp³-hybridized carbons (Fsp3) is 0.296. The van der Waals surface area contributed by atoms with E-state index in [0.29, 0.717) is 36.1 Å². The van der Waals surface area contributed by atoms with Crippen LogP contribution in [0, 0.1) is 5.92 Å². The Morgan fingerprint density at radius 3 is 2.16 bits per heavy atom. The van der Waals surface area contributed by atoms with Crippen molar-refractivity contribution < 1.29 is 19.4 Å². The lowest BCUT2D eigenvalue weighted by atomic mass is 9.90. The van der Waals surface area contributed by atoms with E-state index in [4.69, 9.17) is 14.6 Å². The van der Waals surface area contributed by atoms with Crippen LogP contribution in [-0.2, 0) is 14.3 Å². The number of ether oxygens (including phenoxy) is 2. The van der Waals surface area contributed by atoms with Gasteiger partial charge in [-0.3, -0.25) is 0 Å². The average molecular weight is 421 g/mol. The highest BCUT2D eigenvalue weighted by molar-refractivity contribution is 5.86. The normalized spacial score (nSPS) is 20.4. The summed E-state index contributed by atoms with van der Waals surface area (Å²) in [5.74, 6) is 0.506. The first-order valence-corrected chi connectivity index (χ1v) is 10.5. The van der Waals surface area contributed by atoms with Crippen molar-refractivity contribution in [1.82, 2.24) is 0 Å². The van der Waals surface area contributed by atoms with Gasteiger partial charge in [0.15, 0.2) is 0 Å². The fourth-order valence-corrected chi connectivity index (χ4v) is 3.15. The largest absolute Gasteiger partial charge is 0.508 e. The maximum Gasteiger partial charge on any atom is 0.333 e. The number of carbonyl (C=O) groups excluding carboxylic acids is 1. The molecule has 3 unspecified atom stereocenters. The highest BCUT2D eigenvalue weighted by atomic mass is 16.6. The number of hydrogen-bond acceptors (Lipinski definition) is 4. The first-order chi connectivity index (χ1) is 14.9. The summed E-state index contributed by atoms with van der Waals surface area (Å²) < 4.78 is 10.5. The zero-order valence-corrected chi connectivity index (χ0v) is 18.2. The van der Waals surface area contributed by atoms with E-state index in [9.17, 15) is 4.79 Å². The third-order valence-electron chi connectivity index (χ3n) is 5.08. The molecule has 2 aromatic rings. The van der Waals surface area contributed by atoms with Crippen LogP contribution in [0.25, 0.3) is 12.2 Å². The Labute approximate surface area is 185 Å². The van der Waals surface area contributed by atoms with Gasteiger partial charge in [-0.25, -0.2) is 4.79 Å². The molecule has 1 heterocycles. The van der Waals surface area contributed by atoms with E-state index in [1.165, 1.54) is 5.56 Å². The first kappa shape index (κ1) is 24.2. The molecule has 31 heavy (non-hydrogen) atoms. The van der Waals surface area contributed by atoms with E-state index in [1.54, 1.807) is 25.1 Å². The summed E-state index contributed by atoms with van der Waals surface area (Å²) in [4.78, 5) is 11.1. The van der Waals surface area contributed by atoms with Crippen LogP contribution in [0.1, 0.15) is 37.3 Å². The zero-order chi connectivity index (χ0) is 22.6. The minimum absolute atomic E-state index is 0.274. The van der Waals surface area contributed by atoms with Gasteiger partial charge in [0.2, 0.25) is 0 Å². The number of rotatable bonds is 5. The Kier molecular flexibility index (Phi) is 9.79. The predicted octanol–water partition coefficient (Wildman–Crippen LogP) is 6.04. The van der Waals surface area contributed by atoms with E-state index in [-0.39, 0.29) is 5.97 Å². The predicted molar refractivity (Wildman–Crippen MR) is 127 cm³/mol. The Morgan fingerprint density at radius 1 is 1.03 bits per heavy atom. The highest BCUT2D eigenvalue weighted by Gasteiger charge is 2.43. The Hall–Kier alpha value is -3.11. The molecule has 0 aromatic heterocycles. The summed E-state index contributed by atoms with van der Waals surface area (Å²) >= 11 is 0. The molecule has 2 aliphatic rings. The maximum absolute atomic E-state index is 11.1. The summed E-state index contributed by atoms with van der Waals surface area (Å²) in [5.41, 5.74) is 2.67. The van der Waals surface area contributed by atoms with E-state index >= 15 is 0 Å². The van der Waals surface area contributed by atoms with E-state index < -0.39 is 0 Å². The molecule has 2 aromatic carbocycles. The molecule has 1 saturated heterocycles. The third-order valence-corrected chi connectivity index (χ3v) is 5.08. The van der Waals surface area contributed by atoms with Crippen molar-refractivity contribution in [2.24, 2.45) is 5.92 Å². The van der Waals surface area contributed by atoms with Gasteiger partial charge in [0.25, 0.3) is 0 Å². The molecule has 164 valence electrons. The van der Waals surface area contributed by atoms with Crippen molar-refractivity contribution in [3.05, 3.63) is 91.0 Å². The van der Waals surface area contributed by atoms with Crippen LogP contribution in [0.2, 0.25) is 0 Å². The van der Waals surface area contributed by atoms with Crippen LogP contribution < -0.4 is 0 Å². The molecule has 4 rings (SSSR count). The molecule has 1 aliphatic carbocycles. The standard InChI is InChI=1S/C11H16O3.C8H8O.C8H8/c1-7(2)11(12)13-6-8-3-4-9-10(5-8)14-9;1-2-7-3-5-8(9)6-4-7;1-2-8-6-4-3-5-7-8/h8-10H,1,3-6H2,2H3;2-6,9H,1H2;2-7H,1H2. The molecule has 1 saturated carbocycles. The van der Waals surface area contributed by atoms with Crippen LogP contribution in [-0.4, -0.2) is 29.9 Å². The van der Waals surface area contributed by atoms with Gasteiger partial charge in [0, 0.05) is 5.57 Å². The Balaban J connectivity index is 0.000000175. The Morgan fingerprint density at radius 2 is 1.65 bits per heavy atom. The second kappa shape index (κ2) is 12.6. The molecule has 1 aliphatic heterocycles. The zero-order valence-electron chi connectivity index (χ0n) is 18.2. The first-order valence-electron chi connectivity index (χ1n) is 10.5. The van der Waals surface area contributed by atoms with Gasteiger partial charge in [-0.15, -0.1) is 0 Å². The quantitative estimate of drug-likeness (QED) is 0.364. The number of carbonyl (C=O) groups is 1. The van der Waals surface area contributed by atoms with E-state index in [1.807, 2.05) is 48.5 Å². The second-order valence-corrected chi connectivity index (χ2v) is 7.68. The lowest BCUT2D eigenvalue weighted by Gasteiger charge is -2.18. The number of fused-ring (bicyclic) bond motifs is 1. The molecular formula is C27H32O4. The smallest absolute Gasteiger partial charge is 0.333 e. The van der Waals surface area contributed by atoms with Gasteiger partial charge in [0.1, 0.15) is 5.75 Å². The van der Waals surface area contributed by atoms with Gasteiger partial charge in [0.05, 0.1) is 18.8 Å². The summed E-state index contributed by atoms with van der Waals surface area (Å²) in [5, 5.41) is 8.82. The van der Waals surface area contributed by atoms with Crippen LogP contribution >= 0.6 is 0 Å². The topological polar surface area (TPSA) is 59.1 Å². The van der Waals surface area contributed by atoms with Crippen molar-refractivity contribution in [2.75, 3.05) is 6.61 Å². The van der Waals surface area contributed by atoms with Gasteiger partial charge >= 0.3 is 5.97 Å². The molecule has 0 radical (unpaired) electrons. The molecule has 3 atom stereocenters. The fourth-order valence-electron chi connectivity index (χ4n) is 3.15. The number of esters is 1. The highest BCUT2D eigenvalue weighted by Crippen LogP contribution is 2.39. The summed E-state index contributed by atoms with van der Waals surface area (Å²) in [6, 6.07) is 16.9. The number of aromatic hydroxyl groups is 1. The van der Waals surface area contributed by atoms with Gasteiger partial charge < -0.3 is 14.6 Å². The lowest BCUT2D eigenvalue weighted by molar-refractivity contribution is -0.140. The Bertz CT molecular complexity index is 855. The van der Waals surface area contributed by atoms with Crippen molar-refractivity contribution in [3.63, 3.8) is 0 Å². The van der Waals surface area contributed by atoms with Crippen LogP contribution in [0.3, 0.4) is 0 Å². The van der Waals surface area contributed by atoms with E-state index in [0.717, 1.165) is 24.8 Å². The molecule has 4 nitrogen and oxygen atoms in total. The van der Waals surface area contributed by atoms with Crippen molar-refractivity contribution >= 4 is 18.1 Å². The van der Waals surface area contributed by atoms with Crippen molar-refractivity contribution in [3.8, 4) is 5.75 Å². The van der Waals surface area contributed by atoms with Crippen molar-refractivity contribution in [1.29, 1.82) is 0 Å². The summed E-state index contributed by atoms with van der Waals surface area (Å²) in [7, 11) is 0. The molecule has 0 amide bonds. The summed E-state index contributed by atoms with van der Waals surface area (Å²) in [6.45, 7) is 12.9. The van der Waals surface area contributed by atoms with Gasteiger partial charge in [-0.2, -0.15) is 0 Å². The minimum atomic E-state index is -0.274. The average Bonchev–Trinajstić information content (AvgIpc) is 3.58. The minimum Gasteiger partial charge on any atom is -0.508 e. The lowest BCUT2D eigenvalue weighted by Crippen LogP contribution is -2.20. The summed E-state index contributed by atoms with van der Waals surface area (Å²) in [6.07, 6.45) is 7.83. The third kappa shape index (κ3) is 9.06. The molecule has 4 heteroatoms. The molecular weight excluding hydrogens is 388 g/mol. The number of epoxide rings is 1. The van der Waals surface area contributed by atoms with Crippen LogP contribution in [0.15, 0.2) is 79.9 Å². The number of benzene rings is 2. The monoisotopic (exact) mass is 420 g/mol. The number of hydrogen-bond donors (Lipinski definition) is 1. The molecule has 0 bridgehead atoms. The van der Waals surface area contributed by atoms with Gasteiger partial charge in [-0.05, 0) is 55.4 Å². The number of phenols is 1. The number of phenolic OH excluding ortho intramolecular Hbond substituents is 1. The van der Waals surface area contributed by atoms with Gasteiger partial charge in [-0.1, -0.05) is 74.4 Å². The SMILES string of the molecule is C=C(C)C(=O)OCC1CCC2OC2C1.C=Cc1ccc(O)cc1.C=Cc1ccccc1. The second-order valence-electron chi connectivity index (χ2n) is 7.68. The maximum atomic E-state index is 11.1. The van der Waals surface area contributed by atoms with E-state index in [2.05, 4.69) is 19.7 Å². The van der Waals surface area contributed by atoms with Crippen LogP contribution in [0.5, 0.6) is 5.75 Å².